The zero-order valence-corrected chi connectivity index (χ0v) is 10.0. The maximum Gasteiger partial charge on any atom is 0.247 e. The van der Waals surface area contributed by atoms with E-state index in [4.69, 9.17) is 0 Å². The number of rotatable bonds is 2. The monoisotopic (exact) mass is 234 g/mol. The first-order valence-electron chi connectivity index (χ1n) is 6.27. The van der Waals surface area contributed by atoms with Gasteiger partial charge in [-0.2, -0.15) is 5.10 Å². The molecule has 1 aromatic heterocycles. The minimum atomic E-state index is -0.190. The predicted molar refractivity (Wildman–Crippen MR) is 63.4 cm³/mol. The number of amides is 1. The Kier molecular flexibility index (Phi) is 2.63. The Morgan fingerprint density at radius 3 is 3.18 bits per heavy atom. The normalized spacial score (nSPS) is 29.4. The minimum Gasteiger partial charge on any atom is -0.336 e. The van der Waals surface area contributed by atoms with E-state index in [9.17, 15) is 4.79 Å². The number of nitrogens with zero attached hydrogens (tertiary/aromatic N) is 3. The SMILES string of the molecule is CC(C(=O)N1CC[C@H]2CNC[C@H]21)n1cccn1. The number of hydrogen-bond acceptors (Lipinski definition) is 3. The molecule has 2 fully saturated rings. The van der Waals surface area contributed by atoms with Crippen molar-refractivity contribution in [1.82, 2.24) is 20.0 Å². The van der Waals surface area contributed by atoms with Crippen LogP contribution in [0.15, 0.2) is 18.5 Å². The molecule has 1 aromatic rings. The van der Waals surface area contributed by atoms with E-state index >= 15 is 0 Å². The van der Waals surface area contributed by atoms with Crippen LogP contribution in [-0.4, -0.2) is 46.3 Å². The predicted octanol–water partition coefficient (Wildman–Crippen LogP) is 0.264. The molecule has 0 aliphatic carbocycles. The fourth-order valence-corrected chi connectivity index (χ4v) is 2.99. The summed E-state index contributed by atoms with van der Waals surface area (Å²) in [5.74, 6) is 0.855. The van der Waals surface area contributed by atoms with Gasteiger partial charge in [0.05, 0.1) is 0 Å². The molecule has 2 saturated heterocycles. The topological polar surface area (TPSA) is 50.2 Å². The van der Waals surface area contributed by atoms with Crippen LogP contribution in [0, 0.1) is 5.92 Å². The van der Waals surface area contributed by atoms with E-state index in [0.29, 0.717) is 12.0 Å². The maximum atomic E-state index is 12.4. The second-order valence-electron chi connectivity index (χ2n) is 4.97. The highest BCUT2D eigenvalue weighted by molar-refractivity contribution is 5.80. The van der Waals surface area contributed by atoms with Crippen molar-refractivity contribution in [3.63, 3.8) is 0 Å². The molecule has 0 bridgehead atoms. The summed E-state index contributed by atoms with van der Waals surface area (Å²) >= 11 is 0. The minimum absolute atomic E-state index is 0.190. The van der Waals surface area contributed by atoms with Gasteiger partial charge in [0.15, 0.2) is 0 Å². The summed E-state index contributed by atoms with van der Waals surface area (Å²) in [7, 11) is 0. The number of fused-ring (bicyclic) bond motifs is 1. The van der Waals surface area contributed by atoms with Crippen molar-refractivity contribution in [2.24, 2.45) is 5.92 Å². The molecule has 5 heteroatoms. The molecular weight excluding hydrogens is 216 g/mol. The quantitative estimate of drug-likeness (QED) is 0.799. The molecule has 0 spiro atoms. The number of hydrogen-bond donors (Lipinski definition) is 1. The van der Waals surface area contributed by atoms with Gasteiger partial charge in [0.25, 0.3) is 0 Å². The standard InChI is InChI=1S/C12H18N4O/c1-9(16-5-2-4-14-16)12(17)15-6-3-10-7-13-8-11(10)15/h2,4-5,9-11,13H,3,6-8H2,1H3/t9?,10-,11+/m0/s1. The lowest BCUT2D eigenvalue weighted by molar-refractivity contribution is -0.135. The van der Waals surface area contributed by atoms with Gasteiger partial charge in [-0.3, -0.25) is 9.48 Å². The highest BCUT2D eigenvalue weighted by Gasteiger charge is 2.41. The number of carbonyl (C=O) groups is 1. The summed E-state index contributed by atoms with van der Waals surface area (Å²) in [6.45, 7) is 4.83. The first kappa shape index (κ1) is 10.8. The average molecular weight is 234 g/mol. The third-order valence-corrected chi connectivity index (χ3v) is 4.01. The van der Waals surface area contributed by atoms with Crippen LogP contribution in [0.1, 0.15) is 19.4 Å². The highest BCUT2D eigenvalue weighted by atomic mass is 16.2. The summed E-state index contributed by atoms with van der Waals surface area (Å²) in [5.41, 5.74) is 0. The summed E-state index contributed by atoms with van der Waals surface area (Å²) < 4.78 is 1.73. The molecule has 3 rings (SSSR count). The van der Waals surface area contributed by atoms with E-state index in [0.717, 1.165) is 26.1 Å². The molecule has 0 saturated carbocycles. The van der Waals surface area contributed by atoms with Gasteiger partial charge in [-0.25, -0.2) is 0 Å². The molecule has 1 N–H and O–H groups in total. The van der Waals surface area contributed by atoms with E-state index < -0.39 is 0 Å². The average Bonchev–Trinajstić information content (AvgIpc) is 3.03. The summed E-state index contributed by atoms with van der Waals surface area (Å²) in [6, 6.07) is 2.07. The van der Waals surface area contributed by atoms with Crippen LogP contribution in [0.2, 0.25) is 0 Å². The van der Waals surface area contributed by atoms with Crippen LogP contribution in [0.3, 0.4) is 0 Å². The molecule has 17 heavy (non-hydrogen) atoms. The molecule has 3 heterocycles. The molecule has 5 nitrogen and oxygen atoms in total. The van der Waals surface area contributed by atoms with E-state index in [1.54, 1.807) is 10.9 Å². The number of likely N-dealkylation sites (tertiary alicyclic amines) is 1. The lowest BCUT2D eigenvalue weighted by atomic mass is 10.1. The van der Waals surface area contributed by atoms with Gasteiger partial charge in [-0.15, -0.1) is 0 Å². The Bertz CT molecular complexity index is 403. The van der Waals surface area contributed by atoms with Gasteiger partial charge in [-0.1, -0.05) is 0 Å². The van der Waals surface area contributed by atoms with Crippen LogP contribution < -0.4 is 5.32 Å². The Morgan fingerprint density at radius 1 is 1.53 bits per heavy atom. The first-order chi connectivity index (χ1) is 8.27. The third-order valence-electron chi connectivity index (χ3n) is 4.01. The van der Waals surface area contributed by atoms with Crippen molar-refractivity contribution in [2.75, 3.05) is 19.6 Å². The van der Waals surface area contributed by atoms with Crippen molar-refractivity contribution in [3.05, 3.63) is 18.5 Å². The molecule has 2 aliphatic rings. The summed E-state index contributed by atoms with van der Waals surface area (Å²) in [4.78, 5) is 14.5. The van der Waals surface area contributed by atoms with Gasteiger partial charge < -0.3 is 10.2 Å². The largest absolute Gasteiger partial charge is 0.336 e. The van der Waals surface area contributed by atoms with Crippen LogP contribution in [-0.2, 0) is 4.79 Å². The van der Waals surface area contributed by atoms with Crippen LogP contribution in [0.25, 0.3) is 0 Å². The third kappa shape index (κ3) is 1.74. The molecule has 2 aliphatic heterocycles. The lowest BCUT2D eigenvalue weighted by Gasteiger charge is -2.26. The number of nitrogens with one attached hydrogen (secondary N) is 1. The van der Waals surface area contributed by atoms with Crippen molar-refractivity contribution < 1.29 is 4.79 Å². The molecule has 1 amide bonds. The molecule has 92 valence electrons. The van der Waals surface area contributed by atoms with E-state index in [-0.39, 0.29) is 11.9 Å². The van der Waals surface area contributed by atoms with Crippen LogP contribution in [0.5, 0.6) is 0 Å². The Labute approximate surface area is 101 Å². The number of carbonyl (C=O) groups excluding carboxylic acids is 1. The molecule has 1 unspecified atom stereocenters. The Hall–Kier alpha value is -1.36. The second-order valence-corrected chi connectivity index (χ2v) is 4.97. The Morgan fingerprint density at radius 2 is 2.41 bits per heavy atom. The number of aromatic nitrogens is 2. The molecular formula is C12H18N4O. The van der Waals surface area contributed by atoms with E-state index in [1.165, 1.54) is 0 Å². The van der Waals surface area contributed by atoms with E-state index in [2.05, 4.69) is 10.4 Å². The fourth-order valence-electron chi connectivity index (χ4n) is 2.99. The lowest BCUT2D eigenvalue weighted by Crippen LogP contribution is -2.42. The van der Waals surface area contributed by atoms with Crippen molar-refractivity contribution in [2.45, 2.75) is 25.4 Å². The fraction of sp³-hybridized carbons (Fsp3) is 0.667. The molecule has 0 radical (unpaired) electrons. The van der Waals surface area contributed by atoms with Gasteiger partial charge in [0, 0.05) is 38.1 Å². The smallest absolute Gasteiger partial charge is 0.247 e. The summed E-state index contributed by atoms with van der Waals surface area (Å²) in [5, 5.41) is 7.51. The Balaban J connectivity index is 1.74. The van der Waals surface area contributed by atoms with Crippen molar-refractivity contribution in [1.29, 1.82) is 0 Å². The van der Waals surface area contributed by atoms with Gasteiger partial charge in [0.2, 0.25) is 5.91 Å². The maximum absolute atomic E-state index is 12.4. The molecule has 0 aromatic carbocycles. The first-order valence-corrected chi connectivity index (χ1v) is 6.27. The highest BCUT2D eigenvalue weighted by Crippen LogP contribution is 2.28. The zero-order valence-electron chi connectivity index (χ0n) is 10.0. The zero-order chi connectivity index (χ0) is 11.8. The van der Waals surface area contributed by atoms with Crippen LogP contribution in [0.4, 0.5) is 0 Å². The second kappa shape index (κ2) is 4.14. The van der Waals surface area contributed by atoms with Crippen LogP contribution >= 0.6 is 0 Å². The molecule has 3 atom stereocenters. The van der Waals surface area contributed by atoms with E-state index in [1.807, 2.05) is 24.1 Å². The van der Waals surface area contributed by atoms with Crippen molar-refractivity contribution >= 4 is 5.91 Å². The van der Waals surface area contributed by atoms with Gasteiger partial charge in [-0.05, 0) is 25.3 Å². The van der Waals surface area contributed by atoms with Gasteiger partial charge >= 0.3 is 0 Å². The summed E-state index contributed by atoms with van der Waals surface area (Å²) in [6.07, 6.45) is 4.70. The van der Waals surface area contributed by atoms with Crippen molar-refractivity contribution in [3.8, 4) is 0 Å². The van der Waals surface area contributed by atoms with Gasteiger partial charge in [0.1, 0.15) is 6.04 Å².